The number of pyridine rings is 1. The molecule has 2 aromatic heterocycles. The van der Waals surface area contributed by atoms with Crippen molar-refractivity contribution in [2.45, 2.75) is 6.54 Å². The van der Waals surface area contributed by atoms with E-state index in [4.69, 9.17) is 0 Å². The highest BCUT2D eigenvalue weighted by Crippen LogP contribution is 2.20. The number of aromatic nitrogens is 2. The van der Waals surface area contributed by atoms with Crippen molar-refractivity contribution in [3.63, 3.8) is 0 Å². The Morgan fingerprint density at radius 1 is 1.11 bits per heavy atom. The number of hydrogen-bond donors (Lipinski definition) is 0. The number of carbonyl (C=O) groups excluding carboxylic acids is 1. The summed E-state index contributed by atoms with van der Waals surface area (Å²) in [5.41, 5.74) is 1.70. The van der Waals surface area contributed by atoms with Crippen molar-refractivity contribution < 1.29 is 9.18 Å². The molecule has 28 heavy (non-hydrogen) atoms. The van der Waals surface area contributed by atoms with Gasteiger partial charge in [0.25, 0.3) is 11.5 Å². The molecule has 1 saturated heterocycles. The summed E-state index contributed by atoms with van der Waals surface area (Å²) < 4.78 is 15.2. The molecule has 4 rings (SSSR count). The minimum Gasteiger partial charge on any atom is -0.336 e. The van der Waals surface area contributed by atoms with Gasteiger partial charge in [0.05, 0.1) is 11.3 Å². The molecule has 0 unspecified atom stereocenters. The maximum Gasteiger partial charge on any atom is 0.258 e. The van der Waals surface area contributed by atoms with E-state index in [2.05, 4.69) is 25.8 Å². The average molecular weight is 445 g/mol. The number of hydrogen-bond acceptors (Lipinski definition) is 4. The van der Waals surface area contributed by atoms with Crippen molar-refractivity contribution >= 4 is 27.5 Å². The Morgan fingerprint density at radius 3 is 2.64 bits per heavy atom. The van der Waals surface area contributed by atoms with Gasteiger partial charge in [0.15, 0.2) is 0 Å². The molecule has 0 atom stereocenters. The largest absolute Gasteiger partial charge is 0.336 e. The van der Waals surface area contributed by atoms with Crippen LogP contribution >= 0.6 is 15.9 Å². The van der Waals surface area contributed by atoms with Gasteiger partial charge in [0.2, 0.25) is 0 Å². The van der Waals surface area contributed by atoms with Gasteiger partial charge in [-0.15, -0.1) is 0 Å². The Hall–Kier alpha value is -2.58. The maximum absolute atomic E-state index is 13.2. The first kappa shape index (κ1) is 18.8. The minimum atomic E-state index is -0.382. The van der Waals surface area contributed by atoms with Crippen LogP contribution in [0.2, 0.25) is 0 Å². The summed E-state index contributed by atoms with van der Waals surface area (Å²) in [5.74, 6) is -0.499. The van der Waals surface area contributed by atoms with Crippen molar-refractivity contribution in [3.8, 4) is 0 Å². The van der Waals surface area contributed by atoms with E-state index in [0.717, 1.165) is 5.69 Å². The van der Waals surface area contributed by atoms with Crippen LogP contribution in [0, 0.1) is 5.82 Å². The van der Waals surface area contributed by atoms with Gasteiger partial charge in [0.1, 0.15) is 11.5 Å². The van der Waals surface area contributed by atoms with Crippen LogP contribution in [0.15, 0.2) is 57.9 Å². The van der Waals surface area contributed by atoms with Crippen LogP contribution in [0.5, 0.6) is 0 Å². The number of amides is 1. The summed E-state index contributed by atoms with van der Waals surface area (Å²) in [6.45, 7) is 3.05. The lowest BCUT2D eigenvalue weighted by Gasteiger charge is -2.34. The van der Waals surface area contributed by atoms with Crippen molar-refractivity contribution in [3.05, 3.63) is 80.6 Å². The number of rotatable bonds is 3. The zero-order valence-electron chi connectivity index (χ0n) is 15.0. The molecule has 0 saturated carbocycles. The SMILES string of the molecule is O=C(c1ccc(F)cc1Br)N1CCN(Cc2cc(=O)n3ccccc3n2)CC1. The van der Waals surface area contributed by atoms with E-state index >= 15 is 0 Å². The van der Waals surface area contributed by atoms with E-state index in [1.165, 1.54) is 22.6 Å². The molecular formula is C20H18BrFN4O2. The molecule has 1 aromatic carbocycles. The van der Waals surface area contributed by atoms with Crippen molar-refractivity contribution in [2.24, 2.45) is 0 Å². The van der Waals surface area contributed by atoms with E-state index in [9.17, 15) is 14.0 Å². The fourth-order valence-electron chi connectivity index (χ4n) is 3.36. The molecule has 0 spiro atoms. The van der Waals surface area contributed by atoms with Crippen LogP contribution in [0.25, 0.3) is 5.65 Å². The topological polar surface area (TPSA) is 57.9 Å². The molecule has 1 fully saturated rings. The van der Waals surface area contributed by atoms with Crippen LogP contribution in [-0.4, -0.2) is 51.3 Å². The highest BCUT2D eigenvalue weighted by Gasteiger charge is 2.24. The molecule has 0 aliphatic carbocycles. The molecule has 8 heteroatoms. The zero-order valence-corrected chi connectivity index (χ0v) is 16.6. The summed E-state index contributed by atoms with van der Waals surface area (Å²) >= 11 is 3.26. The molecule has 144 valence electrons. The number of halogens is 2. The van der Waals surface area contributed by atoms with Gasteiger partial charge in [-0.25, -0.2) is 9.37 Å². The lowest BCUT2D eigenvalue weighted by atomic mass is 10.1. The van der Waals surface area contributed by atoms with Crippen LogP contribution < -0.4 is 5.56 Å². The Kier molecular flexibility index (Phi) is 5.23. The quantitative estimate of drug-likeness (QED) is 0.622. The van der Waals surface area contributed by atoms with Gasteiger partial charge in [-0.2, -0.15) is 0 Å². The third-order valence-electron chi connectivity index (χ3n) is 4.83. The number of carbonyl (C=O) groups is 1. The third kappa shape index (κ3) is 3.83. The van der Waals surface area contributed by atoms with Crippen LogP contribution in [0.3, 0.4) is 0 Å². The molecule has 0 bridgehead atoms. The number of benzene rings is 1. The Morgan fingerprint density at radius 2 is 1.89 bits per heavy atom. The fourth-order valence-corrected chi connectivity index (χ4v) is 3.88. The third-order valence-corrected chi connectivity index (χ3v) is 5.49. The molecule has 3 aromatic rings. The lowest BCUT2D eigenvalue weighted by molar-refractivity contribution is 0.0626. The van der Waals surface area contributed by atoms with Crippen LogP contribution in [0.1, 0.15) is 16.1 Å². The van der Waals surface area contributed by atoms with Crippen molar-refractivity contribution in [2.75, 3.05) is 26.2 Å². The number of fused-ring (bicyclic) bond motifs is 1. The van der Waals surface area contributed by atoms with Crippen molar-refractivity contribution in [1.82, 2.24) is 19.2 Å². The highest BCUT2D eigenvalue weighted by atomic mass is 79.9. The van der Waals surface area contributed by atoms with Gasteiger partial charge >= 0.3 is 0 Å². The summed E-state index contributed by atoms with van der Waals surface area (Å²) in [6.07, 6.45) is 1.70. The Labute approximate surface area is 169 Å². The molecule has 1 amide bonds. The standard InChI is InChI=1S/C20H18BrFN4O2/c21-17-11-14(22)4-5-16(17)20(28)25-9-7-24(8-10-25)13-15-12-19(27)26-6-2-1-3-18(26)23-15/h1-6,11-12H,7-10,13H2. The first-order valence-electron chi connectivity index (χ1n) is 8.95. The molecule has 1 aliphatic rings. The monoisotopic (exact) mass is 444 g/mol. The second-order valence-electron chi connectivity index (χ2n) is 6.71. The van der Waals surface area contributed by atoms with E-state index in [1.54, 1.807) is 23.2 Å². The first-order chi connectivity index (χ1) is 13.5. The normalized spacial score (nSPS) is 15.1. The molecule has 1 aliphatic heterocycles. The predicted octanol–water partition coefficient (Wildman–Crippen LogP) is 2.55. The maximum atomic E-state index is 13.2. The summed E-state index contributed by atoms with van der Waals surface area (Å²) in [6, 6.07) is 11.1. The summed E-state index contributed by atoms with van der Waals surface area (Å²) in [5, 5.41) is 0. The Bertz CT molecular complexity index is 1090. The summed E-state index contributed by atoms with van der Waals surface area (Å²) in [4.78, 5) is 33.4. The van der Waals surface area contributed by atoms with E-state index in [0.29, 0.717) is 48.4 Å². The Balaban J connectivity index is 1.42. The first-order valence-corrected chi connectivity index (χ1v) is 9.74. The van der Waals surface area contributed by atoms with Gasteiger partial charge in [-0.05, 0) is 46.3 Å². The second kappa shape index (κ2) is 7.81. The highest BCUT2D eigenvalue weighted by molar-refractivity contribution is 9.10. The van der Waals surface area contributed by atoms with E-state index in [-0.39, 0.29) is 17.3 Å². The number of nitrogens with zero attached hydrogens (tertiary/aromatic N) is 4. The van der Waals surface area contributed by atoms with E-state index < -0.39 is 0 Å². The van der Waals surface area contributed by atoms with Crippen LogP contribution in [0.4, 0.5) is 4.39 Å². The van der Waals surface area contributed by atoms with Gasteiger partial charge < -0.3 is 4.90 Å². The van der Waals surface area contributed by atoms with Gasteiger partial charge in [-0.1, -0.05) is 6.07 Å². The predicted molar refractivity (Wildman–Crippen MR) is 107 cm³/mol. The second-order valence-corrected chi connectivity index (χ2v) is 7.56. The van der Waals surface area contributed by atoms with Gasteiger partial charge in [-0.3, -0.25) is 18.9 Å². The molecular weight excluding hydrogens is 427 g/mol. The lowest BCUT2D eigenvalue weighted by Crippen LogP contribution is -2.48. The van der Waals surface area contributed by atoms with Crippen LogP contribution in [-0.2, 0) is 6.54 Å². The van der Waals surface area contributed by atoms with Gasteiger partial charge in [0, 0.05) is 49.5 Å². The van der Waals surface area contributed by atoms with E-state index in [1.807, 2.05) is 12.1 Å². The number of piperazine rings is 1. The molecule has 6 nitrogen and oxygen atoms in total. The minimum absolute atomic E-state index is 0.101. The zero-order chi connectivity index (χ0) is 19.7. The van der Waals surface area contributed by atoms with Crippen molar-refractivity contribution in [1.29, 1.82) is 0 Å². The smallest absolute Gasteiger partial charge is 0.258 e. The summed E-state index contributed by atoms with van der Waals surface area (Å²) in [7, 11) is 0. The molecule has 0 N–H and O–H groups in total. The molecule has 0 radical (unpaired) electrons. The average Bonchev–Trinajstić information content (AvgIpc) is 2.68. The molecule has 3 heterocycles. The fraction of sp³-hybridized carbons (Fsp3) is 0.250.